The maximum atomic E-state index is 5.92. The van der Waals surface area contributed by atoms with Gasteiger partial charge in [-0.2, -0.15) is 0 Å². The van der Waals surface area contributed by atoms with Crippen molar-refractivity contribution in [1.82, 2.24) is 14.5 Å². The maximum absolute atomic E-state index is 5.92. The molecular formula is C12H16N4. The quantitative estimate of drug-likeness (QED) is 0.824. The summed E-state index contributed by atoms with van der Waals surface area (Å²) in [5.74, 6) is 1.11. The number of fused-ring (bicyclic) bond motifs is 1. The standard InChI is InChI=1S/C12H16N4/c1-16-9-4-2-7-14-10(9)15-11(16)12(8-13)5-3-6-12/h2,4,7H,3,5-6,8,13H2,1H3. The first-order valence-corrected chi connectivity index (χ1v) is 5.75. The number of pyridine rings is 1. The Kier molecular flexibility index (Phi) is 2.01. The van der Waals surface area contributed by atoms with Crippen molar-refractivity contribution >= 4 is 11.2 Å². The summed E-state index contributed by atoms with van der Waals surface area (Å²) in [5.41, 5.74) is 7.95. The molecule has 3 rings (SSSR count). The van der Waals surface area contributed by atoms with Crippen LogP contribution in [0.15, 0.2) is 18.3 Å². The zero-order chi connectivity index (χ0) is 11.2. The third-order valence-corrected chi connectivity index (χ3v) is 3.83. The molecule has 16 heavy (non-hydrogen) atoms. The molecule has 1 saturated carbocycles. The van der Waals surface area contributed by atoms with E-state index < -0.39 is 0 Å². The highest BCUT2D eigenvalue weighted by Gasteiger charge is 2.41. The summed E-state index contributed by atoms with van der Waals surface area (Å²) in [6.07, 6.45) is 5.35. The van der Waals surface area contributed by atoms with Crippen molar-refractivity contribution in [2.24, 2.45) is 12.8 Å². The molecule has 2 heterocycles. The lowest BCUT2D eigenvalue weighted by Crippen LogP contribution is -2.43. The van der Waals surface area contributed by atoms with Gasteiger partial charge in [-0.25, -0.2) is 9.97 Å². The Morgan fingerprint density at radius 1 is 1.50 bits per heavy atom. The fraction of sp³-hybridized carbons (Fsp3) is 0.500. The zero-order valence-corrected chi connectivity index (χ0v) is 9.48. The van der Waals surface area contributed by atoms with Gasteiger partial charge in [-0.3, -0.25) is 0 Å². The predicted molar refractivity (Wildman–Crippen MR) is 63.1 cm³/mol. The minimum atomic E-state index is 0.107. The van der Waals surface area contributed by atoms with Gasteiger partial charge in [-0.05, 0) is 25.0 Å². The number of hydrogen-bond acceptors (Lipinski definition) is 3. The van der Waals surface area contributed by atoms with Gasteiger partial charge in [0.1, 0.15) is 5.82 Å². The van der Waals surface area contributed by atoms with Gasteiger partial charge in [0, 0.05) is 25.2 Å². The summed E-state index contributed by atoms with van der Waals surface area (Å²) in [5, 5.41) is 0. The van der Waals surface area contributed by atoms with E-state index >= 15 is 0 Å². The van der Waals surface area contributed by atoms with Gasteiger partial charge in [0.15, 0.2) is 5.65 Å². The van der Waals surface area contributed by atoms with Crippen molar-refractivity contribution in [1.29, 1.82) is 0 Å². The SMILES string of the molecule is Cn1c(C2(CN)CCC2)nc2ncccc21. The van der Waals surface area contributed by atoms with Crippen LogP contribution in [0, 0.1) is 0 Å². The molecule has 1 aliphatic rings. The Bertz CT molecular complexity index is 519. The smallest absolute Gasteiger partial charge is 0.177 e. The van der Waals surface area contributed by atoms with Crippen molar-refractivity contribution < 1.29 is 0 Å². The van der Waals surface area contributed by atoms with Crippen LogP contribution in [0.2, 0.25) is 0 Å². The van der Waals surface area contributed by atoms with Crippen molar-refractivity contribution in [3.63, 3.8) is 0 Å². The molecule has 4 nitrogen and oxygen atoms in total. The molecule has 0 radical (unpaired) electrons. The van der Waals surface area contributed by atoms with E-state index in [0.29, 0.717) is 6.54 Å². The molecule has 0 unspecified atom stereocenters. The van der Waals surface area contributed by atoms with E-state index in [0.717, 1.165) is 29.8 Å². The first-order valence-electron chi connectivity index (χ1n) is 5.75. The van der Waals surface area contributed by atoms with Crippen LogP contribution in [0.5, 0.6) is 0 Å². The van der Waals surface area contributed by atoms with Crippen molar-refractivity contribution in [3.8, 4) is 0 Å². The van der Waals surface area contributed by atoms with Crippen molar-refractivity contribution in [2.75, 3.05) is 6.54 Å². The number of aromatic nitrogens is 3. The van der Waals surface area contributed by atoms with Gasteiger partial charge in [-0.1, -0.05) is 6.42 Å². The monoisotopic (exact) mass is 216 g/mol. The average Bonchev–Trinajstić information content (AvgIpc) is 2.57. The molecule has 1 aliphatic carbocycles. The Balaban J connectivity index is 2.20. The fourth-order valence-electron chi connectivity index (χ4n) is 2.62. The highest BCUT2D eigenvalue weighted by Crippen LogP contribution is 2.42. The number of nitrogens with two attached hydrogens (primary N) is 1. The summed E-state index contributed by atoms with van der Waals surface area (Å²) in [6.45, 7) is 0.685. The van der Waals surface area contributed by atoms with E-state index in [9.17, 15) is 0 Å². The van der Waals surface area contributed by atoms with Crippen LogP contribution < -0.4 is 5.73 Å². The van der Waals surface area contributed by atoms with Crippen LogP contribution in [0.25, 0.3) is 11.2 Å². The minimum Gasteiger partial charge on any atom is -0.329 e. The minimum absolute atomic E-state index is 0.107. The second-order valence-corrected chi connectivity index (χ2v) is 4.68. The van der Waals surface area contributed by atoms with E-state index in [1.165, 1.54) is 6.42 Å². The van der Waals surface area contributed by atoms with Gasteiger partial charge in [-0.15, -0.1) is 0 Å². The first-order chi connectivity index (χ1) is 7.77. The van der Waals surface area contributed by atoms with E-state index in [-0.39, 0.29) is 5.41 Å². The summed E-state index contributed by atoms with van der Waals surface area (Å²) < 4.78 is 2.15. The Hall–Kier alpha value is -1.42. The summed E-state index contributed by atoms with van der Waals surface area (Å²) >= 11 is 0. The average molecular weight is 216 g/mol. The van der Waals surface area contributed by atoms with Crippen LogP contribution in [-0.4, -0.2) is 21.1 Å². The van der Waals surface area contributed by atoms with E-state index in [2.05, 4.69) is 27.6 Å². The number of nitrogens with zero attached hydrogens (tertiary/aromatic N) is 3. The molecular weight excluding hydrogens is 200 g/mol. The Morgan fingerprint density at radius 3 is 2.88 bits per heavy atom. The highest BCUT2D eigenvalue weighted by atomic mass is 15.1. The molecule has 0 amide bonds. The first kappa shape index (κ1) is 9.78. The number of hydrogen-bond donors (Lipinski definition) is 1. The third-order valence-electron chi connectivity index (χ3n) is 3.83. The third kappa shape index (κ3) is 1.13. The summed E-state index contributed by atoms with van der Waals surface area (Å²) in [4.78, 5) is 8.95. The lowest BCUT2D eigenvalue weighted by Gasteiger charge is -2.40. The summed E-state index contributed by atoms with van der Waals surface area (Å²) in [6, 6.07) is 4.01. The number of rotatable bonds is 2. The molecule has 0 spiro atoms. The molecule has 84 valence electrons. The van der Waals surface area contributed by atoms with Crippen LogP contribution in [0.1, 0.15) is 25.1 Å². The maximum Gasteiger partial charge on any atom is 0.177 e. The van der Waals surface area contributed by atoms with E-state index in [1.54, 1.807) is 6.20 Å². The Labute approximate surface area is 94.5 Å². The van der Waals surface area contributed by atoms with Crippen LogP contribution in [-0.2, 0) is 12.5 Å². The van der Waals surface area contributed by atoms with Gasteiger partial charge in [0.05, 0.1) is 5.52 Å². The van der Waals surface area contributed by atoms with E-state index in [1.807, 2.05) is 6.07 Å². The van der Waals surface area contributed by atoms with Crippen molar-refractivity contribution in [3.05, 3.63) is 24.2 Å². The zero-order valence-electron chi connectivity index (χ0n) is 9.48. The molecule has 0 bridgehead atoms. The molecule has 1 fully saturated rings. The van der Waals surface area contributed by atoms with Crippen LogP contribution in [0.4, 0.5) is 0 Å². The highest BCUT2D eigenvalue weighted by molar-refractivity contribution is 5.71. The van der Waals surface area contributed by atoms with Crippen LogP contribution in [0.3, 0.4) is 0 Å². The number of imidazole rings is 1. The van der Waals surface area contributed by atoms with Gasteiger partial charge < -0.3 is 10.3 Å². The van der Waals surface area contributed by atoms with Gasteiger partial charge in [0.25, 0.3) is 0 Å². The fourth-order valence-corrected chi connectivity index (χ4v) is 2.62. The second-order valence-electron chi connectivity index (χ2n) is 4.68. The molecule has 2 N–H and O–H groups in total. The van der Waals surface area contributed by atoms with Gasteiger partial charge >= 0.3 is 0 Å². The molecule has 4 heteroatoms. The van der Waals surface area contributed by atoms with Crippen molar-refractivity contribution in [2.45, 2.75) is 24.7 Å². The molecule has 0 atom stereocenters. The Morgan fingerprint density at radius 2 is 2.31 bits per heavy atom. The lowest BCUT2D eigenvalue weighted by molar-refractivity contribution is 0.233. The molecule has 2 aromatic heterocycles. The molecule has 0 aromatic carbocycles. The molecule has 0 aliphatic heterocycles. The topological polar surface area (TPSA) is 56.7 Å². The number of aryl methyl sites for hydroxylation is 1. The van der Waals surface area contributed by atoms with E-state index in [4.69, 9.17) is 5.73 Å². The second kappa shape index (κ2) is 3.28. The predicted octanol–water partition coefficient (Wildman–Crippen LogP) is 1.35. The molecule has 2 aromatic rings. The summed E-state index contributed by atoms with van der Waals surface area (Å²) in [7, 11) is 2.06. The lowest BCUT2D eigenvalue weighted by atomic mass is 9.68. The molecule has 0 saturated heterocycles. The van der Waals surface area contributed by atoms with Gasteiger partial charge in [0.2, 0.25) is 0 Å². The van der Waals surface area contributed by atoms with Crippen LogP contribution >= 0.6 is 0 Å². The normalized spacial score (nSPS) is 18.6. The largest absolute Gasteiger partial charge is 0.329 e.